The summed E-state index contributed by atoms with van der Waals surface area (Å²) < 4.78 is 10.5. The number of likely N-dealkylation sites (tertiary alicyclic amines) is 1. The molecule has 2 fully saturated rings. The van der Waals surface area contributed by atoms with Gasteiger partial charge in [-0.05, 0) is 25.9 Å². The van der Waals surface area contributed by atoms with E-state index in [9.17, 15) is 4.79 Å². The number of carbonyl (C=O) groups is 1. The Morgan fingerprint density at radius 2 is 2.13 bits per heavy atom. The summed E-state index contributed by atoms with van der Waals surface area (Å²) in [5.74, 6) is -0.932. The normalized spacial score (nSPS) is 32.3. The van der Waals surface area contributed by atoms with Crippen molar-refractivity contribution in [3.05, 3.63) is 0 Å². The van der Waals surface area contributed by atoms with E-state index in [0.717, 1.165) is 26.1 Å². The Morgan fingerprint density at radius 1 is 1.40 bits per heavy atom. The highest BCUT2D eigenvalue weighted by Gasteiger charge is 2.31. The topological polar surface area (TPSA) is 59.0 Å². The lowest BCUT2D eigenvalue weighted by atomic mass is 10.4. The van der Waals surface area contributed by atoms with Gasteiger partial charge in [-0.1, -0.05) is 0 Å². The lowest BCUT2D eigenvalue weighted by Crippen LogP contribution is -2.26. The molecule has 2 aliphatic rings. The van der Waals surface area contributed by atoms with Gasteiger partial charge < -0.3 is 19.5 Å². The first-order valence-corrected chi connectivity index (χ1v) is 5.48. The highest BCUT2D eigenvalue weighted by Crippen LogP contribution is 2.16. The van der Waals surface area contributed by atoms with E-state index in [2.05, 4.69) is 4.90 Å². The van der Waals surface area contributed by atoms with Crippen LogP contribution in [0.4, 0.5) is 0 Å². The summed E-state index contributed by atoms with van der Waals surface area (Å²) in [4.78, 5) is 13.0. The van der Waals surface area contributed by atoms with Crippen LogP contribution in [0, 0.1) is 0 Å². The average molecular weight is 215 g/mol. The third kappa shape index (κ3) is 2.90. The molecule has 0 bridgehead atoms. The number of ether oxygens (including phenoxy) is 2. The highest BCUT2D eigenvalue weighted by atomic mass is 16.7. The second-order valence-corrected chi connectivity index (χ2v) is 4.06. The van der Waals surface area contributed by atoms with Gasteiger partial charge >= 0.3 is 5.97 Å². The van der Waals surface area contributed by atoms with Crippen molar-refractivity contribution in [1.29, 1.82) is 0 Å². The molecule has 1 N–H and O–H groups in total. The van der Waals surface area contributed by atoms with Crippen LogP contribution < -0.4 is 0 Å². The number of hydrogen-bond donors (Lipinski definition) is 1. The van der Waals surface area contributed by atoms with Crippen LogP contribution in [-0.2, 0) is 14.3 Å². The molecule has 2 rings (SSSR count). The molecule has 5 nitrogen and oxygen atoms in total. The molecule has 0 saturated carbocycles. The van der Waals surface area contributed by atoms with Crippen LogP contribution in [0.15, 0.2) is 0 Å². The Hall–Kier alpha value is -0.650. The molecule has 0 spiro atoms. The molecule has 2 aliphatic heterocycles. The zero-order chi connectivity index (χ0) is 10.7. The molecule has 86 valence electrons. The SMILES string of the molecule is O=C(O)C1COC(CCN2CCCC2)O1. The van der Waals surface area contributed by atoms with Gasteiger partial charge in [-0.3, -0.25) is 0 Å². The maximum absolute atomic E-state index is 10.6. The van der Waals surface area contributed by atoms with Gasteiger partial charge in [0.05, 0.1) is 6.61 Å². The first kappa shape index (κ1) is 10.9. The lowest BCUT2D eigenvalue weighted by molar-refractivity contribution is -0.150. The van der Waals surface area contributed by atoms with E-state index in [4.69, 9.17) is 14.6 Å². The number of nitrogens with zero attached hydrogens (tertiary/aromatic N) is 1. The van der Waals surface area contributed by atoms with Crippen molar-refractivity contribution < 1.29 is 19.4 Å². The molecule has 2 heterocycles. The summed E-state index contributed by atoms with van der Waals surface area (Å²) in [7, 11) is 0. The zero-order valence-electron chi connectivity index (χ0n) is 8.72. The number of hydrogen-bond acceptors (Lipinski definition) is 4. The van der Waals surface area contributed by atoms with Gasteiger partial charge in [0.15, 0.2) is 12.4 Å². The fourth-order valence-electron chi connectivity index (χ4n) is 2.03. The van der Waals surface area contributed by atoms with Crippen molar-refractivity contribution in [1.82, 2.24) is 4.90 Å². The van der Waals surface area contributed by atoms with Gasteiger partial charge in [0, 0.05) is 13.0 Å². The molecule has 2 atom stereocenters. The molecular weight excluding hydrogens is 198 g/mol. The molecule has 0 aromatic carbocycles. The van der Waals surface area contributed by atoms with Gasteiger partial charge in [0.2, 0.25) is 0 Å². The van der Waals surface area contributed by atoms with Crippen molar-refractivity contribution in [2.45, 2.75) is 31.7 Å². The summed E-state index contributed by atoms with van der Waals surface area (Å²) in [5.41, 5.74) is 0. The number of rotatable bonds is 4. The summed E-state index contributed by atoms with van der Waals surface area (Å²) in [6, 6.07) is 0. The van der Waals surface area contributed by atoms with E-state index in [1.807, 2.05) is 0 Å². The molecule has 5 heteroatoms. The van der Waals surface area contributed by atoms with Gasteiger partial charge in [0.1, 0.15) is 0 Å². The first-order valence-electron chi connectivity index (χ1n) is 5.48. The average Bonchev–Trinajstić information content (AvgIpc) is 2.86. The Labute approximate surface area is 89.0 Å². The van der Waals surface area contributed by atoms with Crippen LogP contribution in [0.2, 0.25) is 0 Å². The molecule has 2 saturated heterocycles. The predicted molar refractivity (Wildman–Crippen MR) is 52.5 cm³/mol. The summed E-state index contributed by atoms with van der Waals surface area (Å²) in [5, 5.41) is 8.70. The van der Waals surface area contributed by atoms with Crippen molar-refractivity contribution in [3.8, 4) is 0 Å². The van der Waals surface area contributed by atoms with E-state index in [-0.39, 0.29) is 12.9 Å². The summed E-state index contributed by atoms with van der Waals surface area (Å²) in [6.45, 7) is 3.42. The van der Waals surface area contributed by atoms with Crippen molar-refractivity contribution in [2.24, 2.45) is 0 Å². The number of carboxylic acid groups (broad SMARTS) is 1. The van der Waals surface area contributed by atoms with Crippen molar-refractivity contribution in [2.75, 3.05) is 26.2 Å². The van der Waals surface area contributed by atoms with Crippen LogP contribution in [-0.4, -0.2) is 54.6 Å². The van der Waals surface area contributed by atoms with Crippen LogP contribution in [0.25, 0.3) is 0 Å². The first-order chi connectivity index (χ1) is 7.25. The van der Waals surface area contributed by atoms with Gasteiger partial charge in [-0.15, -0.1) is 0 Å². The van der Waals surface area contributed by atoms with Crippen molar-refractivity contribution >= 4 is 5.97 Å². The number of aliphatic carboxylic acids is 1. The smallest absolute Gasteiger partial charge is 0.335 e. The van der Waals surface area contributed by atoms with E-state index in [1.54, 1.807) is 0 Å². The standard InChI is InChI=1S/C10H17NO4/c12-10(13)8-7-14-9(15-8)3-6-11-4-1-2-5-11/h8-9H,1-7H2,(H,12,13). The van der Waals surface area contributed by atoms with Crippen LogP contribution in [0.3, 0.4) is 0 Å². The molecule has 2 unspecified atom stereocenters. The Bertz CT molecular complexity index is 227. The summed E-state index contributed by atoms with van der Waals surface area (Å²) in [6.07, 6.45) is 2.21. The Kier molecular flexibility index (Phi) is 3.56. The predicted octanol–water partition coefficient (Wildman–Crippen LogP) is 0.298. The molecule has 0 radical (unpaired) electrons. The minimum absolute atomic E-state index is 0.181. The monoisotopic (exact) mass is 215 g/mol. The molecule has 0 aliphatic carbocycles. The highest BCUT2D eigenvalue weighted by molar-refractivity contribution is 5.72. The zero-order valence-corrected chi connectivity index (χ0v) is 8.72. The molecular formula is C10H17NO4. The fraction of sp³-hybridized carbons (Fsp3) is 0.900. The van der Waals surface area contributed by atoms with E-state index in [1.165, 1.54) is 12.8 Å². The van der Waals surface area contributed by atoms with Crippen molar-refractivity contribution in [3.63, 3.8) is 0 Å². The quantitative estimate of drug-likeness (QED) is 0.730. The third-order valence-corrected chi connectivity index (χ3v) is 2.90. The van der Waals surface area contributed by atoms with E-state index < -0.39 is 12.1 Å². The van der Waals surface area contributed by atoms with Gasteiger partial charge in [-0.25, -0.2) is 4.79 Å². The Morgan fingerprint density at radius 3 is 2.73 bits per heavy atom. The van der Waals surface area contributed by atoms with E-state index >= 15 is 0 Å². The van der Waals surface area contributed by atoms with Crippen LogP contribution >= 0.6 is 0 Å². The Balaban J connectivity index is 1.66. The largest absolute Gasteiger partial charge is 0.479 e. The van der Waals surface area contributed by atoms with Crippen LogP contribution in [0.1, 0.15) is 19.3 Å². The van der Waals surface area contributed by atoms with Gasteiger partial charge in [0.25, 0.3) is 0 Å². The molecule has 0 amide bonds. The van der Waals surface area contributed by atoms with Crippen LogP contribution in [0.5, 0.6) is 0 Å². The third-order valence-electron chi connectivity index (χ3n) is 2.90. The maximum Gasteiger partial charge on any atom is 0.335 e. The second kappa shape index (κ2) is 4.92. The molecule has 0 aromatic rings. The second-order valence-electron chi connectivity index (χ2n) is 4.06. The molecule has 0 aromatic heterocycles. The lowest BCUT2D eigenvalue weighted by Gasteiger charge is -2.16. The van der Waals surface area contributed by atoms with Gasteiger partial charge in [-0.2, -0.15) is 0 Å². The maximum atomic E-state index is 10.6. The summed E-state index contributed by atoms with van der Waals surface area (Å²) >= 11 is 0. The van der Waals surface area contributed by atoms with E-state index in [0.29, 0.717) is 0 Å². The minimum atomic E-state index is -0.932. The number of carboxylic acids is 1. The fourth-order valence-corrected chi connectivity index (χ4v) is 2.03. The minimum Gasteiger partial charge on any atom is -0.479 e. The molecule has 15 heavy (non-hydrogen) atoms.